The zero-order valence-electron chi connectivity index (χ0n) is 11.8. The number of benzene rings is 1. The van der Waals surface area contributed by atoms with Crippen LogP contribution in [0.15, 0.2) is 18.2 Å². The summed E-state index contributed by atoms with van der Waals surface area (Å²) in [7, 11) is 1.29. The Bertz CT molecular complexity index is 503. The van der Waals surface area contributed by atoms with Gasteiger partial charge in [0.25, 0.3) is 5.91 Å². The molecule has 0 aliphatic rings. The molecule has 0 saturated heterocycles. The maximum Gasteiger partial charge on any atom is 0.328 e. The summed E-state index contributed by atoms with van der Waals surface area (Å²) in [4.78, 5) is 23.0. The van der Waals surface area contributed by atoms with Crippen molar-refractivity contribution in [2.75, 3.05) is 12.4 Å². The number of hydrogen-bond acceptors (Lipinski definition) is 4. The predicted octanol–water partition coefficient (Wildman–Crippen LogP) is 1.92. The molecule has 0 radical (unpaired) electrons. The monoisotopic (exact) mass is 282 g/mol. The number of methoxy groups -OCH3 is 1. The van der Waals surface area contributed by atoms with Crippen molar-refractivity contribution in [3.8, 4) is 0 Å². The van der Waals surface area contributed by atoms with Crippen LogP contribution in [0.25, 0.3) is 0 Å². The number of carbonyl (C=O) groups excluding carboxylic acids is 2. The summed E-state index contributed by atoms with van der Waals surface area (Å²) in [6.45, 7) is 3.91. The summed E-state index contributed by atoms with van der Waals surface area (Å²) in [5.41, 5.74) is 5.52. The van der Waals surface area contributed by atoms with Gasteiger partial charge in [0, 0.05) is 5.69 Å². The van der Waals surface area contributed by atoms with E-state index >= 15 is 0 Å². The molecule has 0 aliphatic carbocycles. The van der Waals surface area contributed by atoms with E-state index in [1.165, 1.54) is 19.2 Å². The lowest BCUT2D eigenvalue weighted by Gasteiger charge is -2.20. The van der Waals surface area contributed by atoms with Crippen molar-refractivity contribution in [3.63, 3.8) is 0 Å². The molecule has 0 heterocycles. The first kappa shape index (κ1) is 15.9. The highest BCUT2D eigenvalue weighted by molar-refractivity contribution is 5.99. The normalized spacial score (nSPS) is 12.1. The molecule has 0 saturated carbocycles. The van der Waals surface area contributed by atoms with Crippen molar-refractivity contribution in [3.05, 3.63) is 29.6 Å². The molecule has 0 aliphatic heterocycles. The van der Waals surface area contributed by atoms with E-state index < -0.39 is 23.7 Å². The van der Waals surface area contributed by atoms with Gasteiger partial charge < -0.3 is 15.8 Å². The van der Waals surface area contributed by atoms with Gasteiger partial charge in [-0.1, -0.05) is 13.8 Å². The van der Waals surface area contributed by atoms with Crippen LogP contribution in [-0.2, 0) is 9.53 Å². The van der Waals surface area contributed by atoms with Gasteiger partial charge in [-0.05, 0) is 30.5 Å². The predicted molar refractivity (Wildman–Crippen MR) is 73.8 cm³/mol. The molecule has 0 spiro atoms. The van der Waals surface area contributed by atoms with Gasteiger partial charge in [-0.3, -0.25) is 4.79 Å². The number of esters is 1. The minimum Gasteiger partial charge on any atom is -0.467 e. The highest BCUT2D eigenvalue weighted by Gasteiger charge is 2.22. The van der Waals surface area contributed by atoms with Crippen LogP contribution >= 0.6 is 0 Å². The Morgan fingerprint density at radius 1 is 1.40 bits per heavy atom. The number of nitrogens with one attached hydrogen (secondary N) is 1. The fourth-order valence-electron chi connectivity index (χ4n) is 1.86. The SMILES string of the molecule is COC(=O)C(CC(C)C)Nc1ccc(F)cc1C(N)=O. The Labute approximate surface area is 117 Å². The minimum atomic E-state index is -0.764. The fraction of sp³-hybridized carbons (Fsp3) is 0.429. The number of halogens is 1. The first-order valence-electron chi connectivity index (χ1n) is 6.28. The molecule has 0 aromatic heterocycles. The summed E-state index contributed by atoms with van der Waals surface area (Å²) >= 11 is 0. The van der Waals surface area contributed by atoms with E-state index in [1.807, 2.05) is 13.8 Å². The molecular weight excluding hydrogens is 263 g/mol. The Morgan fingerprint density at radius 3 is 2.55 bits per heavy atom. The molecule has 3 N–H and O–H groups in total. The van der Waals surface area contributed by atoms with Gasteiger partial charge >= 0.3 is 5.97 Å². The van der Waals surface area contributed by atoms with E-state index in [-0.39, 0.29) is 11.5 Å². The van der Waals surface area contributed by atoms with Crippen LogP contribution in [-0.4, -0.2) is 25.0 Å². The van der Waals surface area contributed by atoms with Crippen molar-refractivity contribution < 1.29 is 18.7 Å². The number of anilines is 1. The molecule has 1 atom stereocenters. The van der Waals surface area contributed by atoms with E-state index in [0.29, 0.717) is 12.1 Å². The van der Waals surface area contributed by atoms with Crippen LogP contribution in [0.3, 0.4) is 0 Å². The average Bonchev–Trinajstić information content (AvgIpc) is 2.38. The van der Waals surface area contributed by atoms with Crippen LogP contribution < -0.4 is 11.1 Å². The van der Waals surface area contributed by atoms with Crippen molar-refractivity contribution >= 4 is 17.6 Å². The molecule has 20 heavy (non-hydrogen) atoms. The molecule has 5 nitrogen and oxygen atoms in total. The summed E-state index contributed by atoms with van der Waals surface area (Å²) in [6, 6.07) is 2.99. The Hall–Kier alpha value is -2.11. The lowest BCUT2D eigenvalue weighted by atomic mass is 10.0. The average molecular weight is 282 g/mol. The third-order valence-electron chi connectivity index (χ3n) is 2.77. The Kier molecular flexibility index (Phi) is 5.49. The highest BCUT2D eigenvalue weighted by atomic mass is 19.1. The topological polar surface area (TPSA) is 81.4 Å². The van der Waals surface area contributed by atoms with Crippen LogP contribution in [0.5, 0.6) is 0 Å². The van der Waals surface area contributed by atoms with E-state index in [1.54, 1.807) is 0 Å². The van der Waals surface area contributed by atoms with Gasteiger partial charge in [0.1, 0.15) is 11.9 Å². The molecule has 110 valence electrons. The fourth-order valence-corrected chi connectivity index (χ4v) is 1.86. The molecule has 0 fully saturated rings. The minimum absolute atomic E-state index is 0.00246. The zero-order chi connectivity index (χ0) is 15.3. The van der Waals surface area contributed by atoms with Gasteiger partial charge in [-0.25, -0.2) is 9.18 Å². The number of primary amides is 1. The lowest BCUT2D eigenvalue weighted by molar-refractivity contribution is -0.141. The maximum absolute atomic E-state index is 13.2. The van der Waals surface area contributed by atoms with E-state index in [2.05, 4.69) is 5.32 Å². The summed E-state index contributed by atoms with van der Waals surface area (Å²) in [6.07, 6.45) is 0.516. The van der Waals surface area contributed by atoms with Gasteiger partial charge in [-0.15, -0.1) is 0 Å². The second-order valence-corrected chi connectivity index (χ2v) is 4.90. The summed E-state index contributed by atoms with van der Waals surface area (Å²) in [5.74, 6) is -1.54. The van der Waals surface area contributed by atoms with Crippen molar-refractivity contribution in [2.24, 2.45) is 11.7 Å². The number of rotatable bonds is 6. The third kappa shape index (κ3) is 4.22. The first-order chi connectivity index (χ1) is 9.35. The third-order valence-corrected chi connectivity index (χ3v) is 2.77. The molecule has 1 rings (SSSR count). The molecule has 1 unspecified atom stereocenters. The van der Waals surface area contributed by atoms with Gasteiger partial charge in [0.2, 0.25) is 0 Å². The molecular formula is C14H19FN2O3. The van der Waals surface area contributed by atoms with Crippen molar-refractivity contribution in [1.29, 1.82) is 0 Å². The van der Waals surface area contributed by atoms with E-state index in [9.17, 15) is 14.0 Å². The molecule has 1 amide bonds. The smallest absolute Gasteiger partial charge is 0.328 e. The van der Waals surface area contributed by atoms with E-state index in [4.69, 9.17) is 10.5 Å². The van der Waals surface area contributed by atoms with Crippen LogP contribution in [0.1, 0.15) is 30.6 Å². The van der Waals surface area contributed by atoms with Gasteiger partial charge in [-0.2, -0.15) is 0 Å². The molecule has 0 bridgehead atoms. The van der Waals surface area contributed by atoms with Gasteiger partial charge in [0.15, 0.2) is 0 Å². The molecule has 1 aromatic carbocycles. The highest BCUT2D eigenvalue weighted by Crippen LogP contribution is 2.20. The number of hydrogen-bond donors (Lipinski definition) is 2. The van der Waals surface area contributed by atoms with Crippen molar-refractivity contribution in [1.82, 2.24) is 0 Å². The zero-order valence-corrected chi connectivity index (χ0v) is 11.8. The first-order valence-corrected chi connectivity index (χ1v) is 6.28. The number of carbonyl (C=O) groups is 2. The van der Waals surface area contributed by atoms with Crippen LogP contribution in [0.4, 0.5) is 10.1 Å². The quantitative estimate of drug-likeness (QED) is 0.781. The molecule has 1 aromatic rings. The van der Waals surface area contributed by atoms with Crippen LogP contribution in [0, 0.1) is 11.7 Å². The van der Waals surface area contributed by atoms with E-state index in [0.717, 1.165) is 6.07 Å². The van der Waals surface area contributed by atoms with Gasteiger partial charge in [0.05, 0.1) is 12.7 Å². The standard InChI is InChI=1S/C14H19FN2O3/c1-8(2)6-12(14(19)20-3)17-11-5-4-9(15)7-10(11)13(16)18/h4-5,7-8,12,17H,6H2,1-3H3,(H2,16,18). The largest absolute Gasteiger partial charge is 0.467 e. The maximum atomic E-state index is 13.2. The number of nitrogens with two attached hydrogens (primary N) is 1. The second kappa shape index (κ2) is 6.88. The summed E-state index contributed by atoms with van der Waals surface area (Å²) in [5, 5.41) is 2.90. The Morgan fingerprint density at radius 2 is 2.05 bits per heavy atom. The molecule has 6 heteroatoms. The lowest BCUT2D eigenvalue weighted by Crippen LogP contribution is -2.33. The van der Waals surface area contributed by atoms with Crippen LogP contribution in [0.2, 0.25) is 0 Å². The Balaban J connectivity index is 3.04. The van der Waals surface area contributed by atoms with Crippen molar-refractivity contribution in [2.45, 2.75) is 26.3 Å². The number of ether oxygens (including phenoxy) is 1. The second-order valence-electron chi connectivity index (χ2n) is 4.90. The summed E-state index contributed by atoms with van der Waals surface area (Å²) < 4.78 is 17.9. The number of amides is 1.